The van der Waals surface area contributed by atoms with Gasteiger partial charge in [0.25, 0.3) is 5.97 Å². The number of carbonyl (C=O) groups excluding carboxylic acids is 1. The third-order valence-corrected chi connectivity index (χ3v) is 1.17. The highest BCUT2D eigenvalue weighted by Crippen LogP contribution is 1.98. The quantitative estimate of drug-likeness (QED) is 0.573. The largest absolute Gasteiger partial charge is 0.481 e. The molecule has 4 nitrogen and oxygen atoms in total. The van der Waals surface area contributed by atoms with E-state index < -0.39 is 5.97 Å². The molecular weight excluding hydrogens is 182 g/mol. The maximum Gasteiger partial charge on any atom is 0.300 e. The molecule has 0 aromatic heterocycles. The van der Waals surface area contributed by atoms with Crippen LogP contribution >= 0.6 is 0 Å². The van der Waals surface area contributed by atoms with Gasteiger partial charge in [-0.25, -0.2) is 9.79 Å². The first-order valence-electron chi connectivity index (χ1n) is 3.94. The minimum absolute atomic E-state index is 0.435. The molecule has 0 aliphatic rings. The third-order valence-electron chi connectivity index (χ3n) is 1.17. The second kappa shape index (κ2) is 7.71. The highest BCUT2D eigenvalue weighted by atomic mass is 16.4. The molecule has 0 atom stereocenters. The van der Waals surface area contributed by atoms with Crippen LogP contribution in [0.3, 0.4) is 0 Å². The number of aliphatic imine (C=N–C) groups is 1. The first-order valence-corrected chi connectivity index (χ1v) is 3.94. The average Bonchev–Trinajstić information content (AvgIpc) is 2.15. The molecule has 0 aliphatic heterocycles. The normalized spacial score (nSPS) is 7.79. The van der Waals surface area contributed by atoms with Crippen LogP contribution in [0.15, 0.2) is 35.3 Å². The van der Waals surface area contributed by atoms with E-state index >= 15 is 0 Å². The van der Waals surface area contributed by atoms with Gasteiger partial charge in [-0.2, -0.15) is 0 Å². The van der Waals surface area contributed by atoms with Crippen LogP contribution in [0.2, 0.25) is 0 Å². The maximum atomic E-state index is 9.69. The molecule has 0 saturated heterocycles. The van der Waals surface area contributed by atoms with Crippen molar-refractivity contribution in [3.05, 3.63) is 35.9 Å². The fourth-order valence-corrected chi connectivity index (χ4v) is 0.707. The summed E-state index contributed by atoms with van der Waals surface area (Å²) in [7, 11) is 0. The van der Waals surface area contributed by atoms with E-state index in [-0.39, 0.29) is 0 Å². The summed E-state index contributed by atoms with van der Waals surface area (Å²) in [6, 6.07) is 9.58. The van der Waals surface area contributed by atoms with E-state index in [1.54, 1.807) is 0 Å². The molecule has 1 aromatic rings. The Labute approximate surface area is 81.9 Å². The number of benzene rings is 1. The molecule has 14 heavy (non-hydrogen) atoms. The number of hydrogen-bond donors (Lipinski definition) is 1. The Bertz CT molecular complexity index is 311. The Hall–Kier alpha value is -1.93. The highest BCUT2D eigenvalue weighted by molar-refractivity contribution is 5.62. The molecule has 0 radical (unpaired) electrons. The number of nitrogens with zero attached hydrogens (tertiary/aromatic N) is 1. The van der Waals surface area contributed by atoms with Crippen molar-refractivity contribution in [2.24, 2.45) is 4.99 Å². The molecule has 4 heteroatoms. The fourth-order valence-electron chi connectivity index (χ4n) is 0.707. The number of isocyanates is 1. The minimum Gasteiger partial charge on any atom is -0.481 e. The second-order valence-corrected chi connectivity index (χ2v) is 2.41. The molecule has 0 heterocycles. The lowest BCUT2D eigenvalue weighted by Crippen LogP contribution is -1.78. The summed E-state index contributed by atoms with van der Waals surface area (Å²) in [5, 5.41) is 7.42. The Kier molecular flexibility index (Phi) is 6.64. The van der Waals surface area contributed by atoms with E-state index in [1.807, 2.05) is 30.3 Å². The lowest BCUT2D eigenvalue weighted by molar-refractivity contribution is -0.134. The van der Waals surface area contributed by atoms with E-state index in [9.17, 15) is 4.79 Å². The van der Waals surface area contributed by atoms with Crippen LogP contribution < -0.4 is 0 Å². The molecule has 0 bridgehead atoms. The summed E-state index contributed by atoms with van der Waals surface area (Å²) >= 11 is 0. The number of carbonyl (C=O) groups is 1. The van der Waals surface area contributed by atoms with Gasteiger partial charge in [0.2, 0.25) is 6.08 Å². The predicted octanol–water partition coefficient (Wildman–Crippen LogP) is 1.61. The summed E-state index contributed by atoms with van der Waals surface area (Å²) in [6.45, 7) is 1.52. The Morgan fingerprint density at radius 1 is 1.43 bits per heavy atom. The van der Waals surface area contributed by atoms with Gasteiger partial charge in [0.05, 0.1) is 6.54 Å². The standard InChI is InChI=1S/C8H7NO.C2H4O2/c10-7-9-6-8-4-2-1-3-5-8;1-2(3)4/h1-5H,6H2;1H3,(H,3,4). The van der Waals surface area contributed by atoms with Crippen molar-refractivity contribution >= 4 is 12.0 Å². The minimum atomic E-state index is -0.833. The predicted molar refractivity (Wildman–Crippen MR) is 51.6 cm³/mol. The van der Waals surface area contributed by atoms with Gasteiger partial charge in [0.15, 0.2) is 0 Å². The van der Waals surface area contributed by atoms with Gasteiger partial charge in [-0.15, -0.1) is 0 Å². The maximum absolute atomic E-state index is 9.69. The molecule has 0 saturated carbocycles. The smallest absolute Gasteiger partial charge is 0.300 e. The van der Waals surface area contributed by atoms with Crippen LogP contribution in [0.1, 0.15) is 12.5 Å². The highest BCUT2D eigenvalue weighted by Gasteiger charge is 1.84. The van der Waals surface area contributed by atoms with Crippen LogP contribution in [0.5, 0.6) is 0 Å². The van der Waals surface area contributed by atoms with Gasteiger partial charge >= 0.3 is 0 Å². The lowest BCUT2D eigenvalue weighted by Gasteiger charge is -1.89. The second-order valence-electron chi connectivity index (χ2n) is 2.41. The van der Waals surface area contributed by atoms with E-state index in [0.29, 0.717) is 6.54 Å². The average molecular weight is 193 g/mol. The number of carboxylic acid groups (broad SMARTS) is 1. The molecule has 1 N–H and O–H groups in total. The van der Waals surface area contributed by atoms with Gasteiger partial charge in [-0.1, -0.05) is 30.3 Å². The molecule has 0 fully saturated rings. The Morgan fingerprint density at radius 2 is 1.93 bits per heavy atom. The van der Waals surface area contributed by atoms with Gasteiger partial charge < -0.3 is 5.11 Å². The summed E-state index contributed by atoms with van der Waals surface area (Å²) < 4.78 is 0. The molecule has 0 unspecified atom stereocenters. The van der Waals surface area contributed by atoms with E-state index in [0.717, 1.165) is 12.5 Å². The number of rotatable bonds is 2. The van der Waals surface area contributed by atoms with Crippen LogP contribution in [-0.4, -0.2) is 17.2 Å². The fraction of sp³-hybridized carbons (Fsp3) is 0.200. The number of carboxylic acids is 1. The Morgan fingerprint density at radius 3 is 2.36 bits per heavy atom. The van der Waals surface area contributed by atoms with Crippen LogP contribution in [0, 0.1) is 0 Å². The van der Waals surface area contributed by atoms with Crippen molar-refractivity contribution in [3.8, 4) is 0 Å². The van der Waals surface area contributed by atoms with Crippen molar-refractivity contribution in [2.75, 3.05) is 0 Å². The van der Waals surface area contributed by atoms with Crippen LogP contribution in [0.25, 0.3) is 0 Å². The van der Waals surface area contributed by atoms with Crippen LogP contribution in [-0.2, 0) is 16.1 Å². The zero-order valence-corrected chi connectivity index (χ0v) is 7.80. The van der Waals surface area contributed by atoms with E-state index in [1.165, 1.54) is 6.08 Å². The van der Waals surface area contributed by atoms with Gasteiger partial charge in [0.1, 0.15) is 0 Å². The first-order chi connectivity index (χ1) is 6.66. The Balaban J connectivity index is 0.000000364. The zero-order valence-electron chi connectivity index (χ0n) is 7.80. The molecule has 1 rings (SSSR count). The zero-order chi connectivity index (χ0) is 10.8. The summed E-state index contributed by atoms with van der Waals surface area (Å²) in [6.07, 6.45) is 1.49. The van der Waals surface area contributed by atoms with Crippen molar-refractivity contribution in [2.45, 2.75) is 13.5 Å². The summed E-state index contributed by atoms with van der Waals surface area (Å²) in [5.41, 5.74) is 1.03. The molecule has 74 valence electrons. The third kappa shape index (κ3) is 8.17. The topological polar surface area (TPSA) is 66.7 Å². The number of hydrogen-bond acceptors (Lipinski definition) is 3. The van der Waals surface area contributed by atoms with E-state index in [4.69, 9.17) is 9.90 Å². The van der Waals surface area contributed by atoms with Crippen molar-refractivity contribution in [3.63, 3.8) is 0 Å². The van der Waals surface area contributed by atoms with E-state index in [2.05, 4.69) is 4.99 Å². The van der Waals surface area contributed by atoms with Gasteiger partial charge in [0, 0.05) is 6.92 Å². The summed E-state index contributed by atoms with van der Waals surface area (Å²) in [4.78, 5) is 22.1. The lowest BCUT2D eigenvalue weighted by atomic mass is 10.2. The van der Waals surface area contributed by atoms with Gasteiger partial charge in [-0.05, 0) is 5.56 Å². The molecular formula is C10H11NO3. The van der Waals surface area contributed by atoms with Crippen molar-refractivity contribution in [1.82, 2.24) is 0 Å². The van der Waals surface area contributed by atoms with Crippen molar-refractivity contribution < 1.29 is 14.7 Å². The molecule has 1 aromatic carbocycles. The number of aliphatic carboxylic acids is 1. The summed E-state index contributed by atoms with van der Waals surface area (Å²) in [5.74, 6) is -0.833. The monoisotopic (exact) mass is 193 g/mol. The van der Waals surface area contributed by atoms with Crippen molar-refractivity contribution in [1.29, 1.82) is 0 Å². The molecule has 0 aliphatic carbocycles. The van der Waals surface area contributed by atoms with Gasteiger partial charge in [-0.3, -0.25) is 4.79 Å². The van der Waals surface area contributed by atoms with Crippen LogP contribution in [0.4, 0.5) is 0 Å². The SMILES string of the molecule is CC(=O)O.O=C=NCc1ccccc1. The molecule has 0 spiro atoms. The molecule has 0 amide bonds. The first kappa shape index (κ1) is 12.1.